The normalized spacial score (nSPS) is 11.8. The lowest BCUT2D eigenvalue weighted by atomic mass is 10.2. The lowest BCUT2D eigenvalue weighted by molar-refractivity contribution is -0.140. The van der Waals surface area contributed by atoms with E-state index in [1.807, 2.05) is 0 Å². The molecule has 0 saturated heterocycles. The monoisotopic (exact) mass is 245 g/mol. The van der Waals surface area contributed by atoms with E-state index >= 15 is 0 Å². The van der Waals surface area contributed by atoms with Crippen molar-refractivity contribution in [3.8, 4) is 11.4 Å². The molecule has 0 amide bonds. The molecular weight excluding hydrogens is 238 g/mol. The minimum Gasteiger partial charge on any atom is -0.396 e. The summed E-state index contributed by atoms with van der Waals surface area (Å²) in [6.07, 6.45) is -3.81. The molecule has 0 fully saturated rings. The van der Waals surface area contributed by atoms with Crippen LogP contribution >= 0.6 is 0 Å². The van der Waals surface area contributed by atoms with Gasteiger partial charge in [0.05, 0.1) is 11.9 Å². The number of imidazole rings is 1. The lowest BCUT2D eigenvalue weighted by Gasteiger charge is -2.02. The second kappa shape index (κ2) is 3.76. The smallest absolute Gasteiger partial charge is 0.396 e. The SMILES string of the molecule is Nc1cc(-c2ncc(C(F)(F)F)[nH]2)ccc1F. The molecule has 7 heteroatoms. The molecule has 0 radical (unpaired) electrons. The third kappa shape index (κ3) is 2.22. The number of H-pyrrole nitrogens is 1. The minimum absolute atomic E-state index is 0.0102. The largest absolute Gasteiger partial charge is 0.432 e. The Morgan fingerprint density at radius 3 is 2.47 bits per heavy atom. The highest BCUT2D eigenvalue weighted by atomic mass is 19.4. The second-order valence-electron chi connectivity index (χ2n) is 3.38. The number of hydrogen-bond acceptors (Lipinski definition) is 2. The van der Waals surface area contributed by atoms with Crippen LogP contribution in [-0.4, -0.2) is 9.97 Å². The van der Waals surface area contributed by atoms with E-state index in [1.165, 1.54) is 12.1 Å². The van der Waals surface area contributed by atoms with Crippen LogP contribution in [0.2, 0.25) is 0 Å². The van der Waals surface area contributed by atoms with Crippen molar-refractivity contribution in [2.24, 2.45) is 0 Å². The van der Waals surface area contributed by atoms with Crippen molar-refractivity contribution in [2.45, 2.75) is 6.18 Å². The fourth-order valence-electron chi connectivity index (χ4n) is 1.30. The molecule has 1 aromatic heterocycles. The number of hydrogen-bond donors (Lipinski definition) is 2. The van der Waals surface area contributed by atoms with Crippen molar-refractivity contribution in [1.82, 2.24) is 9.97 Å². The molecule has 1 aromatic carbocycles. The molecule has 2 aromatic rings. The Hall–Kier alpha value is -2.05. The van der Waals surface area contributed by atoms with E-state index in [2.05, 4.69) is 9.97 Å². The molecule has 0 atom stereocenters. The summed E-state index contributed by atoms with van der Waals surface area (Å²) in [6, 6.07) is 3.58. The first kappa shape index (κ1) is 11.4. The number of nitrogens with one attached hydrogen (secondary N) is 1. The van der Waals surface area contributed by atoms with Gasteiger partial charge in [0, 0.05) is 5.56 Å². The van der Waals surface area contributed by atoms with E-state index < -0.39 is 17.7 Å². The molecule has 17 heavy (non-hydrogen) atoms. The number of benzene rings is 1. The van der Waals surface area contributed by atoms with E-state index in [9.17, 15) is 17.6 Å². The van der Waals surface area contributed by atoms with Gasteiger partial charge in [0.25, 0.3) is 0 Å². The highest BCUT2D eigenvalue weighted by molar-refractivity contribution is 5.61. The molecule has 3 nitrogen and oxygen atoms in total. The summed E-state index contributed by atoms with van der Waals surface area (Å²) in [7, 11) is 0. The zero-order valence-corrected chi connectivity index (χ0v) is 8.35. The molecule has 0 bridgehead atoms. The van der Waals surface area contributed by atoms with Gasteiger partial charge in [-0.3, -0.25) is 0 Å². The van der Waals surface area contributed by atoms with Gasteiger partial charge < -0.3 is 10.7 Å². The minimum atomic E-state index is -4.49. The predicted octanol–water partition coefficient (Wildman–Crippen LogP) is 2.82. The Labute approximate surface area is 93.3 Å². The first-order valence-electron chi connectivity index (χ1n) is 4.55. The van der Waals surface area contributed by atoms with Crippen molar-refractivity contribution < 1.29 is 17.6 Å². The van der Waals surface area contributed by atoms with Crippen molar-refractivity contribution >= 4 is 5.69 Å². The van der Waals surface area contributed by atoms with Crippen LogP contribution in [-0.2, 0) is 6.18 Å². The standard InChI is InChI=1S/C10H7F4N3/c11-6-2-1-5(3-7(6)15)9-16-4-8(17-9)10(12,13)14/h1-4H,15H2,(H,16,17). The molecule has 0 saturated carbocycles. The Morgan fingerprint density at radius 2 is 1.94 bits per heavy atom. The molecule has 2 rings (SSSR count). The third-order valence-electron chi connectivity index (χ3n) is 2.15. The van der Waals surface area contributed by atoms with Crippen molar-refractivity contribution in [3.05, 3.63) is 35.9 Å². The predicted molar refractivity (Wildman–Crippen MR) is 53.4 cm³/mol. The number of nitrogens with zero attached hydrogens (tertiary/aromatic N) is 1. The Bertz CT molecular complexity index is 545. The van der Waals surface area contributed by atoms with Crippen LogP contribution in [0.25, 0.3) is 11.4 Å². The van der Waals surface area contributed by atoms with E-state index in [0.717, 1.165) is 6.07 Å². The summed E-state index contributed by atoms with van der Waals surface area (Å²) in [5.74, 6) is -0.639. The lowest BCUT2D eigenvalue weighted by Crippen LogP contribution is -2.04. The van der Waals surface area contributed by atoms with Crippen LogP contribution in [0.5, 0.6) is 0 Å². The zero-order valence-electron chi connectivity index (χ0n) is 8.35. The quantitative estimate of drug-likeness (QED) is 0.599. The first-order chi connectivity index (χ1) is 7.88. The summed E-state index contributed by atoms with van der Waals surface area (Å²) in [4.78, 5) is 5.67. The first-order valence-corrected chi connectivity index (χ1v) is 4.55. The zero-order chi connectivity index (χ0) is 12.6. The molecule has 0 aliphatic carbocycles. The van der Waals surface area contributed by atoms with Crippen LogP contribution in [0, 0.1) is 5.82 Å². The van der Waals surface area contributed by atoms with E-state index in [-0.39, 0.29) is 11.5 Å². The summed E-state index contributed by atoms with van der Waals surface area (Å²) < 4.78 is 49.8. The summed E-state index contributed by atoms with van der Waals surface area (Å²) in [5, 5.41) is 0. The molecule has 0 aliphatic heterocycles. The van der Waals surface area contributed by atoms with Gasteiger partial charge in [-0.25, -0.2) is 9.37 Å². The molecule has 90 valence electrons. The van der Waals surface area contributed by atoms with Gasteiger partial charge in [0.1, 0.15) is 17.3 Å². The van der Waals surface area contributed by atoms with Gasteiger partial charge in [-0.15, -0.1) is 0 Å². The summed E-state index contributed by atoms with van der Waals surface area (Å²) >= 11 is 0. The summed E-state index contributed by atoms with van der Waals surface area (Å²) in [5.41, 5.74) is 4.49. The molecule has 1 heterocycles. The number of anilines is 1. The van der Waals surface area contributed by atoms with Crippen molar-refractivity contribution in [2.75, 3.05) is 5.73 Å². The van der Waals surface area contributed by atoms with E-state index in [4.69, 9.17) is 5.73 Å². The van der Waals surface area contributed by atoms with Crippen LogP contribution in [0.3, 0.4) is 0 Å². The fourth-order valence-corrected chi connectivity index (χ4v) is 1.30. The van der Waals surface area contributed by atoms with Gasteiger partial charge in [0.15, 0.2) is 0 Å². The number of halogens is 4. The van der Waals surface area contributed by atoms with Crippen molar-refractivity contribution in [3.63, 3.8) is 0 Å². The topological polar surface area (TPSA) is 54.7 Å². The van der Waals surface area contributed by atoms with Gasteiger partial charge in [-0.2, -0.15) is 13.2 Å². The molecule has 3 N–H and O–H groups in total. The highest BCUT2D eigenvalue weighted by Crippen LogP contribution is 2.29. The summed E-state index contributed by atoms with van der Waals surface area (Å²) in [6.45, 7) is 0. The third-order valence-corrected chi connectivity index (χ3v) is 2.15. The van der Waals surface area contributed by atoms with E-state index in [1.54, 1.807) is 0 Å². The van der Waals surface area contributed by atoms with Gasteiger partial charge in [-0.1, -0.05) is 0 Å². The number of aromatic nitrogens is 2. The number of aromatic amines is 1. The number of nitrogen functional groups attached to an aromatic ring is 1. The van der Waals surface area contributed by atoms with E-state index in [0.29, 0.717) is 11.8 Å². The number of alkyl halides is 3. The van der Waals surface area contributed by atoms with Crippen LogP contribution < -0.4 is 5.73 Å². The maximum absolute atomic E-state index is 12.9. The molecular formula is C10H7F4N3. The van der Waals surface area contributed by atoms with Gasteiger partial charge >= 0.3 is 6.18 Å². The van der Waals surface area contributed by atoms with Crippen LogP contribution in [0.4, 0.5) is 23.2 Å². The second-order valence-corrected chi connectivity index (χ2v) is 3.38. The Kier molecular flexibility index (Phi) is 2.53. The molecule has 0 unspecified atom stereocenters. The van der Waals surface area contributed by atoms with Gasteiger partial charge in [-0.05, 0) is 18.2 Å². The maximum atomic E-state index is 12.9. The fraction of sp³-hybridized carbons (Fsp3) is 0.100. The highest BCUT2D eigenvalue weighted by Gasteiger charge is 2.33. The molecule has 0 spiro atoms. The average molecular weight is 245 g/mol. The Morgan fingerprint density at radius 1 is 1.24 bits per heavy atom. The van der Waals surface area contributed by atoms with Crippen molar-refractivity contribution in [1.29, 1.82) is 0 Å². The number of nitrogens with two attached hydrogens (primary N) is 1. The Balaban J connectivity index is 2.40. The number of rotatable bonds is 1. The van der Waals surface area contributed by atoms with Crippen LogP contribution in [0.15, 0.2) is 24.4 Å². The molecule has 0 aliphatic rings. The van der Waals surface area contributed by atoms with Crippen LogP contribution in [0.1, 0.15) is 5.69 Å². The maximum Gasteiger partial charge on any atom is 0.432 e. The average Bonchev–Trinajstić information content (AvgIpc) is 2.70. The van der Waals surface area contributed by atoms with Gasteiger partial charge in [0.2, 0.25) is 0 Å².